The Morgan fingerprint density at radius 2 is 1.84 bits per heavy atom. The van der Waals surface area contributed by atoms with Crippen molar-refractivity contribution in [2.24, 2.45) is 5.92 Å². The van der Waals surface area contributed by atoms with Crippen LogP contribution in [0.2, 0.25) is 0 Å². The zero-order valence-electron chi connectivity index (χ0n) is 22.6. The molecule has 0 aromatic heterocycles. The zero-order chi connectivity index (χ0) is 27.0. The maximum Gasteiger partial charge on any atom is 0.338 e. The molecule has 0 bridgehead atoms. The minimum Gasteiger partial charge on any atom is -0.497 e. The van der Waals surface area contributed by atoms with Gasteiger partial charge < -0.3 is 23.7 Å². The van der Waals surface area contributed by atoms with E-state index in [1.54, 1.807) is 31.4 Å². The van der Waals surface area contributed by atoms with E-state index in [-0.39, 0.29) is 30.0 Å². The van der Waals surface area contributed by atoms with Crippen molar-refractivity contribution in [2.75, 3.05) is 7.11 Å². The van der Waals surface area contributed by atoms with E-state index in [0.29, 0.717) is 24.0 Å². The van der Waals surface area contributed by atoms with Crippen molar-refractivity contribution in [3.8, 4) is 5.75 Å². The predicted molar refractivity (Wildman–Crippen MR) is 141 cm³/mol. The van der Waals surface area contributed by atoms with E-state index in [9.17, 15) is 9.59 Å². The van der Waals surface area contributed by atoms with Crippen LogP contribution in [0.3, 0.4) is 0 Å². The van der Waals surface area contributed by atoms with Gasteiger partial charge in [-0.05, 0) is 93.8 Å². The summed E-state index contributed by atoms with van der Waals surface area (Å²) in [7, 11) is 1.63. The van der Waals surface area contributed by atoms with Crippen molar-refractivity contribution in [1.29, 1.82) is 0 Å². The van der Waals surface area contributed by atoms with Crippen molar-refractivity contribution in [1.82, 2.24) is 0 Å². The number of fused-ring (bicyclic) bond motifs is 4. The molecule has 2 heterocycles. The van der Waals surface area contributed by atoms with Gasteiger partial charge in [-0.25, -0.2) is 9.59 Å². The summed E-state index contributed by atoms with van der Waals surface area (Å²) < 4.78 is 30.1. The number of cyclic esters (lactones) is 1. The highest BCUT2D eigenvalue weighted by atomic mass is 16.8. The monoisotopic (exact) mass is 520 g/mol. The van der Waals surface area contributed by atoms with Gasteiger partial charge in [0.15, 0.2) is 5.79 Å². The van der Waals surface area contributed by atoms with E-state index in [1.165, 1.54) is 0 Å². The Hall–Kier alpha value is -3.16. The molecule has 1 aliphatic carbocycles. The van der Waals surface area contributed by atoms with E-state index in [2.05, 4.69) is 0 Å². The highest BCUT2D eigenvalue weighted by molar-refractivity contribution is 5.93. The summed E-state index contributed by atoms with van der Waals surface area (Å²) in [6, 6.07) is 12.8. The molecule has 3 aliphatic rings. The number of hydrogen-bond donors (Lipinski definition) is 0. The van der Waals surface area contributed by atoms with Crippen molar-refractivity contribution in [3.63, 3.8) is 0 Å². The molecule has 202 valence electrons. The van der Waals surface area contributed by atoms with E-state index >= 15 is 0 Å². The lowest BCUT2D eigenvalue weighted by Gasteiger charge is -2.25. The lowest BCUT2D eigenvalue weighted by molar-refractivity contribution is -0.153. The number of hydrogen-bond acceptors (Lipinski definition) is 7. The average molecular weight is 521 g/mol. The minimum absolute atomic E-state index is 0.179. The molecule has 2 aromatic carbocycles. The van der Waals surface area contributed by atoms with Crippen LogP contribution in [-0.2, 0) is 18.9 Å². The summed E-state index contributed by atoms with van der Waals surface area (Å²) in [5.74, 6) is -0.373. The number of esters is 2. The standard InChI is InChI=1S/C31H36O7/c1-18-14-22(34-5)17-24-23-15-21(23)16-26-28(38-31(3,4)37-26)25(36-29(32)20-11-7-6-8-12-20)13-9-10-19(2)35-30(33)27(18)24/h6-9,11-14,17,19,21,23,25-26,28H,10,15-16H2,1-5H3/b13-9-/t19-,21?,23?,25?,26+,28+/m0/s1. The SMILES string of the molecule is COc1cc(C)c2c(c1)C1CC1C[C@H]1OC(C)(C)O[C@@H]1C(OC(=O)c1ccccc1)/C=C\C[C@H](C)OC2=O. The van der Waals surface area contributed by atoms with Gasteiger partial charge in [0.05, 0.1) is 24.3 Å². The van der Waals surface area contributed by atoms with Crippen molar-refractivity contribution in [2.45, 2.75) is 83.1 Å². The number of aryl methyl sites for hydroxylation is 1. The molecule has 2 aliphatic heterocycles. The minimum atomic E-state index is -0.816. The second-order valence-electron chi connectivity index (χ2n) is 11.0. The molecule has 1 saturated heterocycles. The molecule has 2 fully saturated rings. The third kappa shape index (κ3) is 5.64. The summed E-state index contributed by atoms with van der Waals surface area (Å²) in [6.07, 6.45) is 4.05. The molecule has 7 heteroatoms. The Labute approximate surface area is 224 Å². The molecule has 0 spiro atoms. The van der Waals surface area contributed by atoms with E-state index in [0.717, 1.165) is 23.3 Å². The zero-order valence-corrected chi connectivity index (χ0v) is 22.6. The molecule has 1 saturated carbocycles. The summed E-state index contributed by atoms with van der Waals surface area (Å²) in [4.78, 5) is 26.3. The summed E-state index contributed by atoms with van der Waals surface area (Å²) in [5.41, 5.74) is 2.90. The molecule has 3 unspecified atom stereocenters. The van der Waals surface area contributed by atoms with Gasteiger partial charge in [0.2, 0.25) is 0 Å². The van der Waals surface area contributed by atoms with Crippen LogP contribution in [0.5, 0.6) is 5.75 Å². The molecular weight excluding hydrogens is 484 g/mol. The smallest absolute Gasteiger partial charge is 0.338 e. The third-order valence-corrected chi connectivity index (χ3v) is 7.54. The van der Waals surface area contributed by atoms with Crippen LogP contribution in [0.4, 0.5) is 0 Å². The van der Waals surface area contributed by atoms with Gasteiger partial charge in [-0.3, -0.25) is 0 Å². The summed E-state index contributed by atoms with van der Waals surface area (Å²) in [6.45, 7) is 7.55. The average Bonchev–Trinajstić information content (AvgIpc) is 3.57. The van der Waals surface area contributed by atoms with Crippen LogP contribution in [-0.4, -0.2) is 49.3 Å². The van der Waals surface area contributed by atoms with Crippen LogP contribution in [0, 0.1) is 12.8 Å². The van der Waals surface area contributed by atoms with E-state index in [1.807, 2.05) is 58.0 Å². The second-order valence-corrected chi connectivity index (χ2v) is 11.0. The van der Waals surface area contributed by atoms with Crippen molar-refractivity contribution in [3.05, 3.63) is 76.9 Å². The van der Waals surface area contributed by atoms with Crippen LogP contribution in [0.25, 0.3) is 0 Å². The van der Waals surface area contributed by atoms with Crippen LogP contribution in [0.1, 0.15) is 77.8 Å². The molecule has 38 heavy (non-hydrogen) atoms. The fraction of sp³-hybridized carbons (Fsp3) is 0.484. The first-order valence-corrected chi connectivity index (χ1v) is 13.3. The Morgan fingerprint density at radius 1 is 1.08 bits per heavy atom. The maximum atomic E-state index is 13.3. The molecule has 6 atom stereocenters. The molecule has 0 amide bonds. The maximum absolute atomic E-state index is 13.3. The van der Waals surface area contributed by atoms with E-state index < -0.39 is 24.0 Å². The lowest BCUT2D eigenvalue weighted by atomic mass is 9.94. The van der Waals surface area contributed by atoms with Crippen LogP contribution >= 0.6 is 0 Å². The van der Waals surface area contributed by atoms with Gasteiger partial charge in [-0.15, -0.1) is 0 Å². The van der Waals surface area contributed by atoms with Crippen LogP contribution < -0.4 is 4.74 Å². The quantitative estimate of drug-likeness (QED) is 0.377. The Bertz CT molecular complexity index is 1220. The lowest BCUT2D eigenvalue weighted by Crippen LogP contribution is -2.38. The molecule has 0 N–H and O–H groups in total. The Morgan fingerprint density at radius 3 is 2.58 bits per heavy atom. The molecule has 7 nitrogen and oxygen atoms in total. The molecule has 0 radical (unpaired) electrons. The largest absolute Gasteiger partial charge is 0.497 e. The van der Waals surface area contributed by atoms with Gasteiger partial charge in [0, 0.05) is 6.42 Å². The molecular formula is C31H36O7. The second kappa shape index (κ2) is 10.5. The van der Waals surface area contributed by atoms with Gasteiger partial charge in [-0.1, -0.05) is 24.3 Å². The number of rotatable bonds is 3. The number of methoxy groups -OCH3 is 1. The fourth-order valence-electron chi connectivity index (χ4n) is 5.66. The van der Waals surface area contributed by atoms with Gasteiger partial charge >= 0.3 is 11.9 Å². The highest BCUT2D eigenvalue weighted by Crippen LogP contribution is 2.54. The third-order valence-electron chi connectivity index (χ3n) is 7.54. The van der Waals surface area contributed by atoms with Gasteiger partial charge in [-0.2, -0.15) is 0 Å². The summed E-state index contributed by atoms with van der Waals surface area (Å²) in [5, 5.41) is 0. The Balaban J connectivity index is 1.48. The van der Waals surface area contributed by atoms with Gasteiger partial charge in [0.25, 0.3) is 0 Å². The normalized spacial score (nSPS) is 31.0. The first-order valence-electron chi connectivity index (χ1n) is 13.3. The fourth-order valence-corrected chi connectivity index (χ4v) is 5.66. The first kappa shape index (κ1) is 26.4. The van der Waals surface area contributed by atoms with Crippen molar-refractivity contribution >= 4 is 11.9 Å². The highest BCUT2D eigenvalue weighted by Gasteiger charge is 2.51. The number of benzene rings is 2. The number of carbonyl (C=O) groups is 2. The number of carbonyl (C=O) groups excluding carboxylic acids is 2. The van der Waals surface area contributed by atoms with Crippen molar-refractivity contribution < 1.29 is 33.3 Å². The summed E-state index contributed by atoms with van der Waals surface area (Å²) >= 11 is 0. The first-order chi connectivity index (χ1) is 18.1. The molecule has 5 rings (SSSR count). The van der Waals surface area contributed by atoms with Crippen LogP contribution in [0.15, 0.2) is 54.6 Å². The van der Waals surface area contributed by atoms with E-state index in [4.69, 9.17) is 23.7 Å². The number of ether oxygens (including phenoxy) is 5. The van der Waals surface area contributed by atoms with Gasteiger partial charge in [0.1, 0.15) is 24.1 Å². The molecule has 2 aromatic rings. The Kier molecular flexibility index (Phi) is 7.34. The predicted octanol–water partition coefficient (Wildman–Crippen LogP) is 5.75. The topological polar surface area (TPSA) is 80.3 Å².